The molecule has 0 bridgehead atoms. The van der Waals surface area contributed by atoms with Gasteiger partial charge in [-0.25, -0.2) is 0 Å². The summed E-state index contributed by atoms with van der Waals surface area (Å²) >= 11 is 0. The van der Waals surface area contributed by atoms with Crippen molar-refractivity contribution in [2.75, 3.05) is 6.54 Å². The topological polar surface area (TPSA) is 24.9 Å². The van der Waals surface area contributed by atoms with Gasteiger partial charge in [0.05, 0.1) is 5.69 Å². The first kappa shape index (κ1) is 19.9. The van der Waals surface area contributed by atoms with Crippen molar-refractivity contribution in [3.8, 4) is 0 Å². The minimum absolute atomic E-state index is 0. The summed E-state index contributed by atoms with van der Waals surface area (Å²) in [4.78, 5) is 4.33. The molecule has 0 unspecified atom stereocenters. The van der Waals surface area contributed by atoms with Crippen molar-refractivity contribution in [1.82, 2.24) is 10.3 Å². The molecule has 2 nitrogen and oxygen atoms in total. The molecule has 3 rings (SSSR count). The third-order valence-corrected chi connectivity index (χ3v) is 4.11. The molecule has 0 saturated carbocycles. The van der Waals surface area contributed by atoms with Crippen molar-refractivity contribution in [3.63, 3.8) is 0 Å². The van der Waals surface area contributed by atoms with E-state index in [0.29, 0.717) is 0 Å². The van der Waals surface area contributed by atoms with Crippen molar-refractivity contribution in [1.29, 1.82) is 0 Å². The van der Waals surface area contributed by atoms with E-state index in [2.05, 4.69) is 83.1 Å². The van der Waals surface area contributed by atoms with Crippen molar-refractivity contribution in [2.24, 2.45) is 0 Å². The van der Waals surface area contributed by atoms with Gasteiger partial charge >= 0.3 is 0 Å². The predicted molar refractivity (Wildman–Crippen MR) is 112 cm³/mol. The van der Waals surface area contributed by atoms with E-state index in [0.717, 1.165) is 31.6 Å². The second-order valence-electron chi connectivity index (χ2n) is 5.99. The Hall–Kier alpha value is -2.42. The lowest BCUT2D eigenvalue weighted by molar-refractivity contribution is 0.646. The van der Waals surface area contributed by atoms with Crippen LogP contribution in [-0.2, 0) is 6.54 Å². The first-order valence-electron chi connectivity index (χ1n) is 8.85. The van der Waals surface area contributed by atoms with Crippen LogP contribution in [0.15, 0.2) is 91.1 Å². The number of aromatic nitrogens is 1. The van der Waals surface area contributed by atoms with E-state index in [1.165, 1.54) is 16.7 Å². The summed E-state index contributed by atoms with van der Waals surface area (Å²) in [6.45, 7) is 1.82. The van der Waals surface area contributed by atoms with E-state index in [-0.39, 0.29) is 12.4 Å². The van der Waals surface area contributed by atoms with Gasteiger partial charge in [0.15, 0.2) is 0 Å². The Balaban J connectivity index is 0.00000243. The van der Waals surface area contributed by atoms with Crippen LogP contribution in [0.2, 0.25) is 0 Å². The average molecular weight is 365 g/mol. The minimum atomic E-state index is 0. The van der Waals surface area contributed by atoms with Crippen LogP contribution in [0.1, 0.15) is 29.7 Å². The number of benzene rings is 2. The zero-order chi connectivity index (χ0) is 17.2. The van der Waals surface area contributed by atoms with Gasteiger partial charge in [-0.2, -0.15) is 0 Å². The third kappa shape index (κ3) is 6.14. The molecule has 3 aromatic rings. The van der Waals surface area contributed by atoms with Crippen molar-refractivity contribution < 1.29 is 0 Å². The van der Waals surface area contributed by atoms with Crippen LogP contribution in [0.25, 0.3) is 5.57 Å². The van der Waals surface area contributed by atoms with Crippen molar-refractivity contribution in [2.45, 2.75) is 19.4 Å². The quantitative estimate of drug-likeness (QED) is 0.533. The van der Waals surface area contributed by atoms with Crippen LogP contribution < -0.4 is 5.32 Å². The van der Waals surface area contributed by atoms with Crippen molar-refractivity contribution >= 4 is 18.0 Å². The molecule has 0 atom stereocenters. The highest BCUT2D eigenvalue weighted by molar-refractivity contribution is 5.85. The summed E-state index contributed by atoms with van der Waals surface area (Å²) in [6.07, 6.45) is 6.35. The molecule has 0 saturated heterocycles. The lowest BCUT2D eigenvalue weighted by atomic mass is 9.96. The Kier molecular flexibility index (Phi) is 8.61. The number of nitrogens with zero attached hydrogens (tertiary/aromatic N) is 1. The van der Waals surface area contributed by atoms with E-state index >= 15 is 0 Å². The molecule has 0 amide bonds. The molecular formula is C23H25ClN2. The second-order valence-corrected chi connectivity index (χ2v) is 5.99. The standard InChI is InChI=1S/C23H24N2.ClH/c1-3-11-20(12-4-1)23(21-13-5-2-6-14-21)16-8-9-17-24-19-22-15-7-10-18-25-22;/h1-7,10-16,18,24H,8-9,17,19H2;1H. The zero-order valence-corrected chi connectivity index (χ0v) is 15.7. The second kappa shape index (κ2) is 11.2. The van der Waals surface area contributed by atoms with E-state index < -0.39 is 0 Å². The normalized spacial score (nSPS) is 10.0. The average Bonchev–Trinajstić information content (AvgIpc) is 2.69. The van der Waals surface area contributed by atoms with E-state index in [4.69, 9.17) is 0 Å². The van der Waals surface area contributed by atoms with Crippen LogP contribution in [0.5, 0.6) is 0 Å². The zero-order valence-electron chi connectivity index (χ0n) is 14.8. The highest BCUT2D eigenvalue weighted by Crippen LogP contribution is 2.23. The van der Waals surface area contributed by atoms with Crippen molar-refractivity contribution in [3.05, 3.63) is 108 Å². The molecule has 1 heterocycles. The fourth-order valence-electron chi connectivity index (χ4n) is 2.83. The summed E-state index contributed by atoms with van der Waals surface area (Å²) in [6, 6.07) is 27.3. The van der Waals surface area contributed by atoms with E-state index in [1.807, 2.05) is 18.3 Å². The number of pyridine rings is 1. The van der Waals surface area contributed by atoms with Gasteiger partial charge in [-0.3, -0.25) is 4.98 Å². The largest absolute Gasteiger partial charge is 0.311 e. The molecule has 1 N–H and O–H groups in total. The van der Waals surface area contributed by atoms with Crippen LogP contribution in [0.3, 0.4) is 0 Å². The molecule has 0 aliphatic carbocycles. The molecule has 0 aliphatic heterocycles. The first-order valence-corrected chi connectivity index (χ1v) is 8.85. The number of allylic oxidation sites excluding steroid dienone is 1. The SMILES string of the molecule is C(CCCNCc1ccccn1)=C(c1ccccc1)c1ccccc1.Cl. The molecule has 0 radical (unpaired) electrons. The fourth-order valence-corrected chi connectivity index (χ4v) is 2.83. The Morgan fingerprint density at radius 3 is 2.00 bits per heavy atom. The van der Waals surface area contributed by atoms with Gasteiger partial charge < -0.3 is 5.32 Å². The Bertz CT molecular complexity index is 730. The number of unbranched alkanes of at least 4 members (excludes halogenated alkanes) is 1. The van der Waals surface area contributed by atoms with Crippen LogP contribution in [0.4, 0.5) is 0 Å². The smallest absolute Gasteiger partial charge is 0.0541 e. The summed E-state index contributed by atoms with van der Waals surface area (Å²) < 4.78 is 0. The third-order valence-electron chi connectivity index (χ3n) is 4.11. The van der Waals surface area contributed by atoms with Gasteiger partial charge in [0.25, 0.3) is 0 Å². The monoisotopic (exact) mass is 364 g/mol. The Morgan fingerprint density at radius 1 is 0.808 bits per heavy atom. The van der Waals surface area contributed by atoms with Gasteiger partial charge in [-0.15, -0.1) is 12.4 Å². The maximum Gasteiger partial charge on any atom is 0.0541 e. The van der Waals surface area contributed by atoms with E-state index in [9.17, 15) is 0 Å². The maximum absolute atomic E-state index is 4.33. The van der Waals surface area contributed by atoms with Gasteiger partial charge in [0.2, 0.25) is 0 Å². The molecule has 0 aliphatic rings. The van der Waals surface area contributed by atoms with Gasteiger partial charge in [-0.05, 0) is 48.2 Å². The number of halogens is 1. The molecule has 1 aromatic heterocycles. The highest BCUT2D eigenvalue weighted by Gasteiger charge is 2.03. The molecule has 26 heavy (non-hydrogen) atoms. The van der Waals surface area contributed by atoms with Gasteiger partial charge in [0, 0.05) is 12.7 Å². The van der Waals surface area contributed by atoms with Crippen LogP contribution >= 0.6 is 12.4 Å². The first-order chi connectivity index (χ1) is 12.4. The number of hydrogen-bond acceptors (Lipinski definition) is 2. The summed E-state index contributed by atoms with van der Waals surface area (Å²) in [5, 5.41) is 3.46. The summed E-state index contributed by atoms with van der Waals surface area (Å²) in [5.74, 6) is 0. The lowest BCUT2D eigenvalue weighted by Crippen LogP contribution is -2.15. The summed E-state index contributed by atoms with van der Waals surface area (Å²) in [7, 11) is 0. The molecular weight excluding hydrogens is 340 g/mol. The molecule has 2 aromatic carbocycles. The molecule has 3 heteroatoms. The highest BCUT2D eigenvalue weighted by atomic mass is 35.5. The van der Waals surface area contributed by atoms with Gasteiger partial charge in [0.1, 0.15) is 0 Å². The maximum atomic E-state index is 4.33. The Labute approximate surface area is 162 Å². The number of nitrogens with one attached hydrogen (secondary N) is 1. The Morgan fingerprint density at radius 2 is 1.42 bits per heavy atom. The minimum Gasteiger partial charge on any atom is -0.311 e. The fraction of sp³-hybridized carbons (Fsp3) is 0.174. The van der Waals surface area contributed by atoms with Crippen LogP contribution in [-0.4, -0.2) is 11.5 Å². The summed E-state index contributed by atoms with van der Waals surface area (Å²) in [5.41, 5.74) is 4.95. The number of rotatable bonds is 8. The molecule has 0 spiro atoms. The lowest BCUT2D eigenvalue weighted by Gasteiger charge is -2.09. The number of hydrogen-bond donors (Lipinski definition) is 1. The van der Waals surface area contributed by atoms with E-state index in [1.54, 1.807) is 0 Å². The predicted octanol–water partition coefficient (Wildman–Crippen LogP) is 5.51. The molecule has 134 valence electrons. The van der Waals surface area contributed by atoms with Gasteiger partial charge in [-0.1, -0.05) is 72.8 Å². The molecule has 0 fully saturated rings. The van der Waals surface area contributed by atoms with Crippen LogP contribution in [0, 0.1) is 0 Å².